The standard InChI is InChI=1S/C16H25FN2/c1-3-4-12-5-6-13(9-18-2)16(7-12)14-8-15(17)11-19-10-14/h8,10-13,16,18H,3-7,9H2,1-2H3. The third kappa shape index (κ3) is 3.75. The summed E-state index contributed by atoms with van der Waals surface area (Å²) < 4.78 is 13.4. The minimum atomic E-state index is -0.210. The van der Waals surface area contributed by atoms with Gasteiger partial charge in [0, 0.05) is 6.20 Å². The third-order valence-electron chi connectivity index (χ3n) is 4.42. The van der Waals surface area contributed by atoms with E-state index in [-0.39, 0.29) is 5.82 Å². The van der Waals surface area contributed by atoms with Crippen LogP contribution in [0.5, 0.6) is 0 Å². The number of rotatable bonds is 5. The highest BCUT2D eigenvalue weighted by atomic mass is 19.1. The van der Waals surface area contributed by atoms with E-state index in [4.69, 9.17) is 0 Å². The highest BCUT2D eigenvalue weighted by molar-refractivity contribution is 5.18. The third-order valence-corrected chi connectivity index (χ3v) is 4.42. The fourth-order valence-electron chi connectivity index (χ4n) is 3.54. The zero-order valence-electron chi connectivity index (χ0n) is 12.0. The first-order valence-electron chi connectivity index (χ1n) is 7.49. The quantitative estimate of drug-likeness (QED) is 0.876. The van der Waals surface area contributed by atoms with E-state index in [1.807, 2.05) is 13.2 Å². The molecule has 1 aromatic heterocycles. The Bertz CT molecular complexity index is 394. The van der Waals surface area contributed by atoms with Crippen LogP contribution in [0.2, 0.25) is 0 Å². The van der Waals surface area contributed by atoms with E-state index in [9.17, 15) is 4.39 Å². The van der Waals surface area contributed by atoms with Gasteiger partial charge < -0.3 is 5.32 Å². The van der Waals surface area contributed by atoms with Crippen molar-refractivity contribution < 1.29 is 4.39 Å². The summed E-state index contributed by atoms with van der Waals surface area (Å²) in [6.45, 7) is 3.26. The van der Waals surface area contributed by atoms with Crippen molar-refractivity contribution >= 4 is 0 Å². The Morgan fingerprint density at radius 1 is 1.37 bits per heavy atom. The molecule has 106 valence electrons. The Hall–Kier alpha value is -0.960. The van der Waals surface area contributed by atoms with E-state index in [1.165, 1.54) is 38.3 Å². The van der Waals surface area contributed by atoms with Crippen molar-refractivity contribution in [2.75, 3.05) is 13.6 Å². The molecule has 2 rings (SSSR count). The molecule has 0 aromatic carbocycles. The molecule has 1 fully saturated rings. The van der Waals surface area contributed by atoms with Crippen LogP contribution in [0.3, 0.4) is 0 Å². The first-order valence-corrected chi connectivity index (χ1v) is 7.49. The molecule has 1 aromatic rings. The maximum atomic E-state index is 13.4. The highest BCUT2D eigenvalue weighted by Crippen LogP contribution is 2.41. The molecule has 1 aliphatic rings. The van der Waals surface area contributed by atoms with Crippen LogP contribution in [-0.2, 0) is 0 Å². The summed E-state index contributed by atoms with van der Waals surface area (Å²) in [5.74, 6) is 1.66. The molecular weight excluding hydrogens is 239 g/mol. The monoisotopic (exact) mass is 264 g/mol. The van der Waals surface area contributed by atoms with Crippen molar-refractivity contribution in [1.82, 2.24) is 10.3 Å². The van der Waals surface area contributed by atoms with Crippen molar-refractivity contribution in [1.29, 1.82) is 0 Å². The van der Waals surface area contributed by atoms with E-state index in [0.29, 0.717) is 11.8 Å². The average molecular weight is 264 g/mol. The van der Waals surface area contributed by atoms with Crippen LogP contribution in [0.15, 0.2) is 18.5 Å². The Labute approximate surface area is 115 Å². The molecule has 0 amide bonds. The van der Waals surface area contributed by atoms with Crippen LogP contribution in [-0.4, -0.2) is 18.6 Å². The largest absolute Gasteiger partial charge is 0.319 e. The van der Waals surface area contributed by atoms with Gasteiger partial charge in [-0.15, -0.1) is 0 Å². The molecule has 3 atom stereocenters. The average Bonchev–Trinajstić information content (AvgIpc) is 2.41. The van der Waals surface area contributed by atoms with Crippen molar-refractivity contribution in [3.8, 4) is 0 Å². The summed E-state index contributed by atoms with van der Waals surface area (Å²) in [4.78, 5) is 4.03. The van der Waals surface area contributed by atoms with Gasteiger partial charge in [0.05, 0.1) is 6.20 Å². The number of hydrogen-bond donors (Lipinski definition) is 1. The zero-order chi connectivity index (χ0) is 13.7. The summed E-state index contributed by atoms with van der Waals surface area (Å²) in [6.07, 6.45) is 9.44. The van der Waals surface area contributed by atoms with Gasteiger partial charge in [0.15, 0.2) is 0 Å². The van der Waals surface area contributed by atoms with E-state index in [1.54, 1.807) is 6.07 Å². The number of hydrogen-bond acceptors (Lipinski definition) is 2. The lowest BCUT2D eigenvalue weighted by molar-refractivity contribution is 0.222. The van der Waals surface area contributed by atoms with Crippen LogP contribution in [0.4, 0.5) is 4.39 Å². The van der Waals surface area contributed by atoms with Crippen molar-refractivity contribution in [3.05, 3.63) is 29.8 Å². The molecular formula is C16H25FN2. The molecule has 0 aliphatic heterocycles. The highest BCUT2D eigenvalue weighted by Gasteiger charge is 2.31. The minimum Gasteiger partial charge on any atom is -0.319 e. The van der Waals surface area contributed by atoms with Crippen LogP contribution < -0.4 is 5.32 Å². The Balaban J connectivity index is 2.15. The van der Waals surface area contributed by atoms with Gasteiger partial charge in [0.2, 0.25) is 0 Å². The molecule has 1 N–H and O–H groups in total. The van der Waals surface area contributed by atoms with Gasteiger partial charge in [-0.25, -0.2) is 4.39 Å². The maximum Gasteiger partial charge on any atom is 0.141 e. The normalized spacial score (nSPS) is 27.4. The van der Waals surface area contributed by atoms with Gasteiger partial charge >= 0.3 is 0 Å². The Morgan fingerprint density at radius 3 is 2.89 bits per heavy atom. The number of pyridine rings is 1. The summed E-state index contributed by atoms with van der Waals surface area (Å²) in [7, 11) is 2.00. The topological polar surface area (TPSA) is 24.9 Å². The lowest BCUT2D eigenvalue weighted by atomic mass is 9.70. The lowest BCUT2D eigenvalue weighted by Crippen LogP contribution is -2.30. The number of nitrogens with one attached hydrogen (secondary N) is 1. The second kappa shape index (κ2) is 6.99. The van der Waals surface area contributed by atoms with Crippen LogP contribution in [0, 0.1) is 17.7 Å². The van der Waals surface area contributed by atoms with Crippen molar-refractivity contribution in [2.45, 2.75) is 44.9 Å². The van der Waals surface area contributed by atoms with Gasteiger partial charge in [-0.05, 0) is 55.8 Å². The van der Waals surface area contributed by atoms with E-state index >= 15 is 0 Å². The molecule has 2 nitrogen and oxygen atoms in total. The fraction of sp³-hybridized carbons (Fsp3) is 0.688. The Kier molecular flexibility index (Phi) is 5.32. The molecule has 0 radical (unpaired) electrons. The molecule has 1 heterocycles. The predicted molar refractivity (Wildman–Crippen MR) is 76.6 cm³/mol. The predicted octanol–water partition coefficient (Wildman–Crippen LogP) is 3.74. The SMILES string of the molecule is CCCC1CCC(CNC)C(c2cncc(F)c2)C1. The minimum absolute atomic E-state index is 0.210. The van der Waals surface area contributed by atoms with Crippen LogP contribution in [0.1, 0.15) is 50.5 Å². The van der Waals surface area contributed by atoms with Crippen LogP contribution in [0.25, 0.3) is 0 Å². The van der Waals surface area contributed by atoms with E-state index < -0.39 is 0 Å². The molecule has 1 aliphatic carbocycles. The molecule has 1 saturated carbocycles. The van der Waals surface area contributed by atoms with Gasteiger partial charge in [0.25, 0.3) is 0 Å². The fourth-order valence-corrected chi connectivity index (χ4v) is 3.54. The smallest absolute Gasteiger partial charge is 0.141 e. The van der Waals surface area contributed by atoms with Crippen LogP contribution >= 0.6 is 0 Å². The van der Waals surface area contributed by atoms with E-state index in [2.05, 4.69) is 17.2 Å². The number of nitrogens with zero attached hydrogens (tertiary/aromatic N) is 1. The van der Waals surface area contributed by atoms with Gasteiger partial charge in [-0.3, -0.25) is 4.98 Å². The maximum absolute atomic E-state index is 13.4. The second-order valence-electron chi connectivity index (χ2n) is 5.83. The van der Waals surface area contributed by atoms with Crippen molar-refractivity contribution in [3.63, 3.8) is 0 Å². The summed E-state index contributed by atoms with van der Waals surface area (Å²) in [5, 5.41) is 3.28. The molecule has 0 bridgehead atoms. The molecule has 3 heteroatoms. The number of aromatic nitrogens is 1. The van der Waals surface area contributed by atoms with Gasteiger partial charge in [-0.2, -0.15) is 0 Å². The van der Waals surface area contributed by atoms with Crippen molar-refractivity contribution in [2.24, 2.45) is 11.8 Å². The Morgan fingerprint density at radius 2 is 2.21 bits per heavy atom. The first kappa shape index (κ1) is 14.4. The summed E-state index contributed by atoms with van der Waals surface area (Å²) in [6, 6.07) is 1.68. The molecule has 0 spiro atoms. The molecule has 0 saturated heterocycles. The lowest BCUT2D eigenvalue weighted by Gasteiger charge is -2.36. The molecule has 3 unspecified atom stereocenters. The first-order chi connectivity index (χ1) is 9.24. The van der Waals surface area contributed by atoms with Gasteiger partial charge in [-0.1, -0.05) is 26.2 Å². The summed E-state index contributed by atoms with van der Waals surface area (Å²) in [5.41, 5.74) is 1.08. The summed E-state index contributed by atoms with van der Waals surface area (Å²) >= 11 is 0. The van der Waals surface area contributed by atoms with Gasteiger partial charge in [0.1, 0.15) is 5.82 Å². The van der Waals surface area contributed by atoms with E-state index in [0.717, 1.165) is 18.0 Å². The zero-order valence-corrected chi connectivity index (χ0v) is 12.0. The number of halogens is 1. The second-order valence-corrected chi connectivity index (χ2v) is 5.83. The molecule has 19 heavy (non-hydrogen) atoms.